The highest BCUT2D eigenvalue weighted by Gasteiger charge is 2.28. The van der Waals surface area contributed by atoms with Crippen molar-refractivity contribution in [2.75, 3.05) is 5.01 Å². The number of fused-ring (bicyclic) bond motifs is 3. The van der Waals surface area contributed by atoms with Gasteiger partial charge in [0, 0.05) is 22.4 Å². The average molecular weight is 283 g/mol. The Morgan fingerprint density at radius 2 is 1.80 bits per heavy atom. The molecule has 0 amide bonds. The van der Waals surface area contributed by atoms with Crippen LogP contribution >= 0.6 is 11.6 Å². The number of ether oxygens (including phenoxy) is 1. The third-order valence-electron chi connectivity index (χ3n) is 3.41. The van der Waals surface area contributed by atoms with Gasteiger partial charge in [0.2, 0.25) is 0 Å². The molecule has 4 rings (SSSR count). The molecule has 0 saturated carbocycles. The second-order valence-electron chi connectivity index (χ2n) is 4.62. The van der Waals surface area contributed by atoms with E-state index in [2.05, 4.69) is 11.5 Å². The summed E-state index contributed by atoms with van der Waals surface area (Å²) in [6.07, 6.45) is 3.75. The molecule has 2 heterocycles. The zero-order chi connectivity index (χ0) is 13.5. The Balaban J connectivity index is 1.74. The van der Waals surface area contributed by atoms with Gasteiger partial charge in [0.25, 0.3) is 0 Å². The Kier molecular flexibility index (Phi) is 2.47. The van der Waals surface area contributed by atoms with Gasteiger partial charge in [-0.1, -0.05) is 29.8 Å². The highest BCUT2D eigenvalue weighted by atomic mass is 35.5. The predicted molar refractivity (Wildman–Crippen MR) is 80.2 cm³/mol. The monoisotopic (exact) mass is 282 g/mol. The molecular weight excluding hydrogens is 272 g/mol. The van der Waals surface area contributed by atoms with Gasteiger partial charge >= 0.3 is 0 Å². The Morgan fingerprint density at radius 3 is 2.65 bits per heavy atom. The van der Waals surface area contributed by atoms with Gasteiger partial charge in [0.15, 0.2) is 0 Å². The molecule has 2 aromatic rings. The minimum Gasteiger partial charge on any atom is -0.462 e. The molecule has 0 aliphatic carbocycles. The smallest absolute Gasteiger partial charge is 0.134 e. The lowest BCUT2D eigenvalue weighted by Gasteiger charge is -2.24. The van der Waals surface area contributed by atoms with Crippen LogP contribution in [0.2, 0.25) is 5.02 Å². The van der Waals surface area contributed by atoms with Gasteiger partial charge < -0.3 is 10.2 Å². The maximum Gasteiger partial charge on any atom is 0.134 e. The van der Waals surface area contributed by atoms with Gasteiger partial charge in [-0.05, 0) is 30.3 Å². The van der Waals surface area contributed by atoms with E-state index in [1.165, 1.54) is 0 Å². The molecule has 0 saturated heterocycles. The minimum absolute atomic E-state index is 0.723. The van der Waals surface area contributed by atoms with E-state index in [-0.39, 0.29) is 0 Å². The summed E-state index contributed by atoms with van der Waals surface area (Å²) >= 11 is 5.93. The molecule has 98 valence electrons. The van der Waals surface area contributed by atoms with Crippen LogP contribution in [0, 0.1) is 0 Å². The largest absolute Gasteiger partial charge is 0.462 e. The van der Waals surface area contributed by atoms with Crippen LogP contribution in [0.15, 0.2) is 66.7 Å². The van der Waals surface area contributed by atoms with Crippen molar-refractivity contribution in [2.45, 2.75) is 0 Å². The molecule has 0 spiro atoms. The number of nitrogens with zero attached hydrogens (tertiary/aromatic N) is 1. The molecule has 0 fully saturated rings. The summed E-state index contributed by atoms with van der Waals surface area (Å²) in [5, 5.41) is 2.70. The Morgan fingerprint density at radius 1 is 1.00 bits per heavy atom. The second kappa shape index (κ2) is 4.32. The van der Waals surface area contributed by atoms with Crippen LogP contribution in [0.3, 0.4) is 0 Å². The van der Waals surface area contributed by atoms with Crippen molar-refractivity contribution in [1.29, 1.82) is 0 Å². The van der Waals surface area contributed by atoms with Crippen LogP contribution < -0.4 is 15.2 Å². The van der Waals surface area contributed by atoms with Crippen LogP contribution in [-0.4, -0.2) is 0 Å². The third kappa shape index (κ3) is 1.67. The molecule has 0 aromatic heterocycles. The first-order valence-electron chi connectivity index (χ1n) is 6.31. The van der Waals surface area contributed by atoms with Crippen molar-refractivity contribution in [2.24, 2.45) is 0 Å². The van der Waals surface area contributed by atoms with Crippen molar-refractivity contribution in [3.63, 3.8) is 0 Å². The van der Waals surface area contributed by atoms with Crippen molar-refractivity contribution in [1.82, 2.24) is 5.43 Å². The lowest BCUT2D eigenvalue weighted by Crippen LogP contribution is -2.29. The summed E-state index contributed by atoms with van der Waals surface area (Å²) in [5.41, 5.74) is 7.47. The third-order valence-corrected chi connectivity index (χ3v) is 3.67. The number of halogens is 1. The van der Waals surface area contributed by atoms with E-state index in [1.807, 2.05) is 53.7 Å². The zero-order valence-electron chi connectivity index (χ0n) is 10.5. The van der Waals surface area contributed by atoms with Gasteiger partial charge in [-0.15, -0.1) is 0 Å². The number of nitrogens with one attached hydrogen (secondary N) is 1. The number of anilines is 1. The van der Waals surface area contributed by atoms with Gasteiger partial charge in [-0.2, -0.15) is 0 Å². The molecule has 2 aliphatic rings. The summed E-state index contributed by atoms with van der Waals surface area (Å²) in [4.78, 5) is 0. The lowest BCUT2D eigenvalue weighted by molar-refractivity contribution is 0.469. The van der Waals surface area contributed by atoms with Crippen LogP contribution in [0.4, 0.5) is 5.69 Å². The molecule has 0 radical (unpaired) electrons. The lowest BCUT2D eigenvalue weighted by atomic mass is 10.0. The fraction of sp³-hybridized carbons (Fsp3) is 0. The fourth-order valence-corrected chi connectivity index (χ4v) is 2.57. The molecule has 2 aliphatic heterocycles. The van der Waals surface area contributed by atoms with E-state index in [9.17, 15) is 0 Å². The first kappa shape index (κ1) is 11.4. The molecule has 20 heavy (non-hydrogen) atoms. The van der Waals surface area contributed by atoms with E-state index in [4.69, 9.17) is 16.3 Å². The first-order valence-corrected chi connectivity index (χ1v) is 6.69. The minimum atomic E-state index is 0.723. The number of rotatable bonds is 1. The number of hydrazine groups is 1. The number of hydrogen-bond acceptors (Lipinski definition) is 3. The number of allylic oxidation sites excluding steroid dienone is 1. The standard InChI is InChI=1S/C16H11ClN2O/c17-11-5-7-12(8-6-11)19-15-10-20-16-4-2-1-3-13(16)14(15)9-18-19/h1-10,18H. The number of hydrogen-bond donors (Lipinski definition) is 1. The normalized spacial score (nSPS) is 15.6. The molecule has 0 unspecified atom stereocenters. The van der Waals surface area contributed by atoms with E-state index in [0.717, 1.165) is 33.3 Å². The highest BCUT2D eigenvalue weighted by Crippen LogP contribution is 2.40. The molecule has 0 bridgehead atoms. The maximum atomic E-state index is 5.93. The molecule has 2 aromatic carbocycles. The van der Waals surface area contributed by atoms with E-state index < -0.39 is 0 Å². The van der Waals surface area contributed by atoms with Gasteiger partial charge in [-0.3, -0.25) is 5.01 Å². The van der Waals surface area contributed by atoms with Crippen LogP contribution in [-0.2, 0) is 0 Å². The van der Waals surface area contributed by atoms with E-state index in [0.29, 0.717) is 0 Å². The molecule has 1 N–H and O–H groups in total. The summed E-state index contributed by atoms with van der Waals surface area (Å²) in [6.45, 7) is 0. The van der Waals surface area contributed by atoms with E-state index >= 15 is 0 Å². The maximum absolute atomic E-state index is 5.93. The Bertz CT molecular complexity index is 734. The highest BCUT2D eigenvalue weighted by molar-refractivity contribution is 6.30. The predicted octanol–water partition coefficient (Wildman–Crippen LogP) is 3.94. The van der Waals surface area contributed by atoms with Crippen LogP contribution in [0.5, 0.6) is 5.75 Å². The Hall–Kier alpha value is -2.39. The molecule has 0 atom stereocenters. The summed E-state index contributed by atoms with van der Waals surface area (Å²) in [5.74, 6) is 0.877. The van der Waals surface area contributed by atoms with Crippen molar-refractivity contribution in [3.8, 4) is 5.75 Å². The van der Waals surface area contributed by atoms with Crippen molar-refractivity contribution in [3.05, 3.63) is 77.3 Å². The second-order valence-corrected chi connectivity index (χ2v) is 5.05. The van der Waals surface area contributed by atoms with Crippen molar-refractivity contribution >= 4 is 22.9 Å². The van der Waals surface area contributed by atoms with Crippen molar-refractivity contribution < 1.29 is 4.74 Å². The summed E-state index contributed by atoms with van der Waals surface area (Å²) in [7, 11) is 0. The molecule has 4 heteroatoms. The quantitative estimate of drug-likeness (QED) is 0.857. The van der Waals surface area contributed by atoms with Crippen LogP contribution in [0.25, 0.3) is 5.57 Å². The molecular formula is C16H11ClN2O. The Labute approximate surface area is 121 Å². The summed E-state index contributed by atoms with van der Waals surface area (Å²) in [6, 6.07) is 15.7. The van der Waals surface area contributed by atoms with Crippen LogP contribution in [0.1, 0.15) is 5.56 Å². The zero-order valence-corrected chi connectivity index (χ0v) is 11.3. The van der Waals surface area contributed by atoms with Gasteiger partial charge in [-0.25, -0.2) is 0 Å². The van der Waals surface area contributed by atoms with Gasteiger partial charge in [0.05, 0.1) is 5.69 Å². The molecule has 3 nitrogen and oxygen atoms in total. The summed E-state index contributed by atoms with van der Waals surface area (Å²) < 4.78 is 5.70. The van der Waals surface area contributed by atoms with Gasteiger partial charge in [0.1, 0.15) is 17.7 Å². The van der Waals surface area contributed by atoms with E-state index in [1.54, 1.807) is 6.26 Å². The first-order chi connectivity index (χ1) is 9.83. The number of para-hydroxylation sites is 1. The average Bonchev–Trinajstić information content (AvgIpc) is 2.92. The SMILES string of the molecule is Clc1ccc(N2NC=C3C2=COc2ccccc23)cc1. The number of benzene rings is 2. The fourth-order valence-electron chi connectivity index (χ4n) is 2.44. The topological polar surface area (TPSA) is 24.5 Å².